The monoisotopic (exact) mass is 399 g/mol. The summed E-state index contributed by atoms with van der Waals surface area (Å²) >= 11 is 6.18. The molecule has 3 heterocycles. The van der Waals surface area contributed by atoms with Gasteiger partial charge in [0.2, 0.25) is 5.95 Å². The van der Waals surface area contributed by atoms with Crippen molar-refractivity contribution in [2.75, 3.05) is 31.2 Å². The highest BCUT2D eigenvalue weighted by Gasteiger charge is 2.15. The Kier molecular flexibility index (Phi) is 5.73. The highest BCUT2D eigenvalue weighted by Crippen LogP contribution is 2.25. The van der Waals surface area contributed by atoms with Crippen molar-refractivity contribution in [1.29, 1.82) is 0 Å². The number of imidazole rings is 1. The Morgan fingerprint density at radius 2 is 1.89 bits per heavy atom. The van der Waals surface area contributed by atoms with Crippen LogP contribution in [0, 0.1) is 0 Å². The number of halogens is 1. The molecule has 0 unspecified atom stereocenters. The first-order chi connectivity index (χ1) is 13.7. The van der Waals surface area contributed by atoms with Crippen LogP contribution in [-0.4, -0.2) is 51.9 Å². The van der Waals surface area contributed by atoms with E-state index >= 15 is 0 Å². The Hall–Kier alpha value is -2.64. The molecule has 1 aliphatic rings. The molecule has 1 aromatic carbocycles. The maximum atomic E-state index is 6.18. The van der Waals surface area contributed by atoms with Gasteiger partial charge in [0, 0.05) is 31.0 Å². The minimum atomic E-state index is -0.0820. The highest BCUT2D eigenvalue weighted by atomic mass is 35.5. The van der Waals surface area contributed by atoms with Gasteiger partial charge < -0.3 is 18.9 Å². The summed E-state index contributed by atoms with van der Waals surface area (Å²) in [6.45, 7) is 5.68. The normalized spacial score (nSPS) is 15.4. The molecule has 1 aliphatic heterocycles. The predicted molar refractivity (Wildman–Crippen MR) is 108 cm³/mol. The number of anilines is 1. The third-order valence-electron chi connectivity index (χ3n) is 4.56. The zero-order chi connectivity index (χ0) is 19.3. The molecule has 0 aliphatic carbocycles. The van der Waals surface area contributed by atoms with E-state index in [0.29, 0.717) is 30.5 Å². The van der Waals surface area contributed by atoms with Crippen molar-refractivity contribution in [1.82, 2.24) is 19.5 Å². The molecule has 4 rings (SSSR count). The second-order valence-corrected chi connectivity index (χ2v) is 7.07. The van der Waals surface area contributed by atoms with Crippen LogP contribution in [0.3, 0.4) is 0 Å². The third-order valence-corrected chi connectivity index (χ3v) is 4.87. The maximum absolute atomic E-state index is 6.18. The van der Waals surface area contributed by atoms with E-state index in [1.165, 1.54) is 0 Å². The summed E-state index contributed by atoms with van der Waals surface area (Å²) in [4.78, 5) is 15.5. The number of aromatic nitrogens is 4. The summed E-state index contributed by atoms with van der Waals surface area (Å²) in [5, 5.41) is 0.604. The van der Waals surface area contributed by atoms with E-state index < -0.39 is 0 Å². The average molecular weight is 400 g/mol. The fourth-order valence-corrected chi connectivity index (χ4v) is 3.34. The lowest BCUT2D eigenvalue weighted by Crippen LogP contribution is -2.37. The standard InChI is InChI=1S/C20H22ClN5O2/c1-15(28-19-5-3-2-4-17(19)21)13-26-14-22-12-18(26)16-10-23-20(24-11-16)25-6-8-27-9-7-25/h2-5,10-12,14-15H,6-9,13H2,1H3/t15-/m1/s1. The highest BCUT2D eigenvalue weighted by molar-refractivity contribution is 6.32. The van der Waals surface area contributed by atoms with Crippen LogP contribution in [0.5, 0.6) is 5.75 Å². The van der Waals surface area contributed by atoms with Gasteiger partial charge in [0.05, 0.1) is 43.0 Å². The number of ether oxygens (including phenoxy) is 2. The molecule has 0 bridgehead atoms. The minimum absolute atomic E-state index is 0.0820. The van der Waals surface area contributed by atoms with Crippen LogP contribution < -0.4 is 9.64 Å². The largest absolute Gasteiger partial charge is 0.487 e. The van der Waals surface area contributed by atoms with E-state index in [-0.39, 0.29) is 6.10 Å². The van der Waals surface area contributed by atoms with Gasteiger partial charge in [0.1, 0.15) is 11.9 Å². The molecule has 0 N–H and O–H groups in total. The molecule has 1 saturated heterocycles. The van der Waals surface area contributed by atoms with E-state index in [0.717, 1.165) is 30.3 Å². The Balaban J connectivity index is 1.45. The molecular formula is C20H22ClN5O2. The van der Waals surface area contributed by atoms with Gasteiger partial charge in [-0.3, -0.25) is 0 Å². The Labute approximate surface area is 168 Å². The van der Waals surface area contributed by atoms with Gasteiger partial charge in [-0.1, -0.05) is 23.7 Å². The summed E-state index contributed by atoms with van der Waals surface area (Å²) in [5.74, 6) is 1.41. The van der Waals surface area contributed by atoms with Gasteiger partial charge in [-0.25, -0.2) is 15.0 Å². The van der Waals surface area contributed by atoms with Crippen LogP contribution in [0.25, 0.3) is 11.3 Å². The summed E-state index contributed by atoms with van der Waals surface area (Å²) in [5.41, 5.74) is 1.86. The summed E-state index contributed by atoms with van der Waals surface area (Å²) in [6.07, 6.45) is 7.20. The lowest BCUT2D eigenvalue weighted by Gasteiger charge is -2.26. The Morgan fingerprint density at radius 3 is 2.64 bits per heavy atom. The number of nitrogens with zero attached hydrogens (tertiary/aromatic N) is 5. The topological polar surface area (TPSA) is 65.3 Å². The summed E-state index contributed by atoms with van der Waals surface area (Å²) in [7, 11) is 0. The van der Waals surface area contributed by atoms with Crippen molar-refractivity contribution in [3.05, 3.63) is 54.2 Å². The van der Waals surface area contributed by atoms with Crippen molar-refractivity contribution in [2.45, 2.75) is 19.6 Å². The van der Waals surface area contributed by atoms with Crippen LogP contribution in [0.2, 0.25) is 5.02 Å². The number of rotatable bonds is 6. The molecule has 1 fully saturated rings. The van der Waals surface area contributed by atoms with Crippen LogP contribution in [-0.2, 0) is 11.3 Å². The molecule has 0 amide bonds. The van der Waals surface area contributed by atoms with Crippen molar-refractivity contribution >= 4 is 17.5 Å². The van der Waals surface area contributed by atoms with Gasteiger partial charge >= 0.3 is 0 Å². The second kappa shape index (κ2) is 8.58. The number of morpholine rings is 1. The minimum Gasteiger partial charge on any atom is -0.487 e. The van der Waals surface area contributed by atoms with Gasteiger partial charge in [0.25, 0.3) is 0 Å². The first-order valence-corrected chi connectivity index (χ1v) is 9.65. The average Bonchev–Trinajstić information content (AvgIpc) is 3.18. The van der Waals surface area contributed by atoms with Crippen LogP contribution in [0.15, 0.2) is 49.2 Å². The molecule has 8 heteroatoms. The molecule has 7 nitrogen and oxygen atoms in total. The number of hydrogen-bond donors (Lipinski definition) is 0. The van der Waals surface area contributed by atoms with E-state index in [2.05, 4.69) is 19.9 Å². The van der Waals surface area contributed by atoms with E-state index in [1.54, 1.807) is 6.33 Å². The molecular weight excluding hydrogens is 378 g/mol. The summed E-state index contributed by atoms with van der Waals surface area (Å²) in [6, 6.07) is 7.48. The molecule has 0 spiro atoms. The predicted octanol–water partition coefficient (Wildman–Crippen LogP) is 3.30. The molecule has 3 aromatic rings. The number of benzene rings is 1. The van der Waals surface area contributed by atoms with Crippen molar-refractivity contribution in [2.24, 2.45) is 0 Å². The second-order valence-electron chi connectivity index (χ2n) is 6.66. The molecule has 0 radical (unpaired) electrons. The smallest absolute Gasteiger partial charge is 0.225 e. The fraction of sp³-hybridized carbons (Fsp3) is 0.350. The van der Waals surface area contributed by atoms with Gasteiger partial charge in [-0.05, 0) is 19.1 Å². The molecule has 28 heavy (non-hydrogen) atoms. The summed E-state index contributed by atoms with van der Waals surface area (Å²) < 4.78 is 13.4. The van der Waals surface area contributed by atoms with Crippen LogP contribution in [0.4, 0.5) is 5.95 Å². The SMILES string of the molecule is C[C@H](Cn1cncc1-c1cnc(N2CCOCC2)nc1)Oc1ccccc1Cl. The van der Waals surface area contributed by atoms with Crippen molar-refractivity contribution in [3.63, 3.8) is 0 Å². The fourth-order valence-electron chi connectivity index (χ4n) is 3.16. The molecule has 1 atom stereocenters. The van der Waals surface area contributed by atoms with E-state index in [4.69, 9.17) is 21.1 Å². The zero-order valence-corrected chi connectivity index (χ0v) is 16.4. The van der Waals surface area contributed by atoms with Crippen molar-refractivity contribution < 1.29 is 9.47 Å². The zero-order valence-electron chi connectivity index (χ0n) is 15.7. The molecule has 2 aromatic heterocycles. The molecule has 146 valence electrons. The number of para-hydroxylation sites is 1. The van der Waals surface area contributed by atoms with E-state index in [1.807, 2.05) is 54.3 Å². The van der Waals surface area contributed by atoms with Gasteiger partial charge in [0.15, 0.2) is 0 Å². The quantitative estimate of drug-likeness (QED) is 0.633. The lowest BCUT2D eigenvalue weighted by molar-refractivity contribution is 0.122. The van der Waals surface area contributed by atoms with E-state index in [9.17, 15) is 0 Å². The number of hydrogen-bond acceptors (Lipinski definition) is 6. The van der Waals surface area contributed by atoms with Crippen LogP contribution >= 0.6 is 11.6 Å². The van der Waals surface area contributed by atoms with Crippen molar-refractivity contribution in [3.8, 4) is 17.0 Å². The Morgan fingerprint density at radius 1 is 1.14 bits per heavy atom. The Bertz CT molecular complexity index is 909. The molecule has 0 saturated carbocycles. The van der Waals surface area contributed by atoms with Gasteiger partial charge in [-0.15, -0.1) is 0 Å². The first-order valence-electron chi connectivity index (χ1n) is 9.27. The first kappa shape index (κ1) is 18.7. The van der Waals surface area contributed by atoms with Crippen LogP contribution in [0.1, 0.15) is 6.92 Å². The maximum Gasteiger partial charge on any atom is 0.225 e. The third kappa shape index (κ3) is 4.26. The lowest BCUT2D eigenvalue weighted by atomic mass is 10.2. The van der Waals surface area contributed by atoms with Gasteiger partial charge in [-0.2, -0.15) is 0 Å².